The first-order valence-electron chi connectivity index (χ1n) is 9.52. The van der Waals surface area contributed by atoms with Crippen molar-refractivity contribution >= 4 is 15.7 Å². The number of ether oxygens (including phenoxy) is 2. The normalized spacial score (nSPS) is 19.2. The molecule has 7 heteroatoms. The standard InChI is InChI=1S/C22H27NO5S/c1-27-19-10-9-18(15-20(19)28-2)22(12-14-29(3,25)26)11-13-23(16-22)21(24)17-7-5-4-6-8-17/h4-10,15H,11-14,16H2,1-3H3. The molecule has 0 N–H and O–H groups in total. The molecule has 0 bridgehead atoms. The summed E-state index contributed by atoms with van der Waals surface area (Å²) in [6, 6.07) is 14.8. The van der Waals surface area contributed by atoms with E-state index in [9.17, 15) is 13.2 Å². The molecule has 0 radical (unpaired) electrons. The summed E-state index contributed by atoms with van der Waals surface area (Å²) in [6.45, 7) is 1.04. The molecule has 1 unspecified atom stereocenters. The molecule has 0 aliphatic carbocycles. The molecule has 1 heterocycles. The Morgan fingerprint density at radius 1 is 1.07 bits per heavy atom. The molecular weight excluding hydrogens is 390 g/mol. The first-order chi connectivity index (χ1) is 13.8. The van der Waals surface area contributed by atoms with Crippen molar-refractivity contribution < 1.29 is 22.7 Å². The monoisotopic (exact) mass is 417 g/mol. The van der Waals surface area contributed by atoms with Crippen LogP contribution in [0.2, 0.25) is 0 Å². The first-order valence-corrected chi connectivity index (χ1v) is 11.6. The molecule has 156 valence electrons. The van der Waals surface area contributed by atoms with Crippen molar-refractivity contribution in [3.63, 3.8) is 0 Å². The highest BCUT2D eigenvalue weighted by atomic mass is 32.2. The summed E-state index contributed by atoms with van der Waals surface area (Å²) in [6.07, 6.45) is 2.38. The predicted octanol–water partition coefficient (Wildman–Crippen LogP) is 2.92. The van der Waals surface area contributed by atoms with Crippen molar-refractivity contribution in [3.8, 4) is 11.5 Å². The predicted molar refractivity (Wildman–Crippen MR) is 113 cm³/mol. The van der Waals surface area contributed by atoms with Gasteiger partial charge in [-0.1, -0.05) is 24.3 Å². The van der Waals surface area contributed by atoms with Gasteiger partial charge in [0.2, 0.25) is 0 Å². The molecule has 0 spiro atoms. The number of rotatable bonds is 7. The van der Waals surface area contributed by atoms with Gasteiger partial charge in [0.25, 0.3) is 5.91 Å². The van der Waals surface area contributed by atoms with Crippen LogP contribution >= 0.6 is 0 Å². The van der Waals surface area contributed by atoms with E-state index in [4.69, 9.17) is 9.47 Å². The van der Waals surface area contributed by atoms with Crippen LogP contribution in [0, 0.1) is 0 Å². The van der Waals surface area contributed by atoms with E-state index in [0.717, 1.165) is 5.56 Å². The molecular formula is C22H27NO5S. The van der Waals surface area contributed by atoms with Gasteiger partial charge in [0.1, 0.15) is 9.84 Å². The minimum Gasteiger partial charge on any atom is -0.493 e. The number of methoxy groups -OCH3 is 2. The van der Waals surface area contributed by atoms with E-state index in [2.05, 4.69) is 0 Å². The quantitative estimate of drug-likeness (QED) is 0.693. The Morgan fingerprint density at radius 2 is 1.76 bits per heavy atom. The van der Waals surface area contributed by atoms with Crippen molar-refractivity contribution in [2.75, 3.05) is 39.3 Å². The van der Waals surface area contributed by atoms with Gasteiger partial charge in [0.15, 0.2) is 11.5 Å². The Morgan fingerprint density at radius 3 is 2.38 bits per heavy atom. The van der Waals surface area contributed by atoms with Gasteiger partial charge in [0.05, 0.1) is 20.0 Å². The Hall–Kier alpha value is -2.54. The van der Waals surface area contributed by atoms with Gasteiger partial charge in [0, 0.05) is 30.3 Å². The molecule has 2 aromatic carbocycles. The van der Waals surface area contributed by atoms with Gasteiger partial charge in [-0.05, 0) is 42.7 Å². The van der Waals surface area contributed by atoms with E-state index in [0.29, 0.717) is 43.0 Å². The van der Waals surface area contributed by atoms with Gasteiger partial charge in [-0.2, -0.15) is 0 Å². The molecule has 2 aromatic rings. The van der Waals surface area contributed by atoms with E-state index in [1.165, 1.54) is 6.26 Å². The Bertz CT molecular complexity index is 974. The Kier molecular flexibility index (Phi) is 6.17. The van der Waals surface area contributed by atoms with Crippen LogP contribution in [0.25, 0.3) is 0 Å². The number of hydrogen-bond acceptors (Lipinski definition) is 5. The van der Waals surface area contributed by atoms with E-state index >= 15 is 0 Å². The van der Waals surface area contributed by atoms with E-state index in [1.54, 1.807) is 26.4 Å². The van der Waals surface area contributed by atoms with Crippen molar-refractivity contribution in [1.82, 2.24) is 4.90 Å². The highest BCUT2D eigenvalue weighted by molar-refractivity contribution is 7.90. The second-order valence-corrected chi connectivity index (χ2v) is 9.83. The maximum Gasteiger partial charge on any atom is 0.253 e. The molecule has 1 fully saturated rings. The zero-order chi connectivity index (χ0) is 21.1. The smallest absolute Gasteiger partial charge is 0.253 e. The molecule has 29 heavy (non-hydrogen) atoms. The third kappa shape index (κ3) is 4.72. The van der Waals surface area contributed by atoms with Crippen LogP contribution in [-0.4, -0.2) is 58.5 Å². The lowest BCUT2D eigenvalue weighted by atomic mass is 9.77. The van der Waals surface area contributed by atoms with E-state index in [1.807, 2.05) is 41.3 Å². The highest BCUT2D eigenvalue weighted by Gasteiger charge is 2.42. The number of carbonyl (C=O) groups is 1. The van der Waals surface area contributed by atoms with Crippen molar-refractivity contribution in [2.45, 2.75) is 18.3 Å². The summed E-state index contributed by atoms with van der Waals surface area (Å²) in [5, 5.41) is 0. The largest absolute Gasteiger partial charge is 0.493 e. The van der Waals surface area contributed by atoms with Crippen molar-refractivity contribution in [3.05, 3.63) is 59.7 Å². The molecule has 1 atom stereocenters. The molecule has 0 saturated carbocycles. The van der Waals surface area contributed by atoms with Crippen molar-refractivity contribution in [2.24, 2.45) is 0 Å². The third-order valence-electron chi connectivity index (χ3n) is 5.61. The fourth-order valence-corrected chi connectivity index (χ4v) is 4.70. The zero-order valence-corrected chi connectivity index (χ0v) is 17.9. The average molecular weight is 418 g/mol. The van der Waals surface area contributed by atoms with Crippen LogP contribution in [0.3, 0.4) is 0 Å². The summed E-state index contributed by atoms with van der Waals surface area (Å²) in [5.41, 5.74) is 1.15. The fourth-order valence-electron chi connectivity index (χ4n) is 3.94. The van der Waals surface area contributed by atoms with Crippen molar-refractivity contribution in [1.29, 1.82) is 0 Å². The summed E-state index contributed by atoms with van der Waals surface area (Å²) in [7, 11) is 0.0148. The van der Waals surface area contributed by atoms with E-state index in [-0.39, 0.29) is 11.7 Å². The SMILES string of the molecule is COc1ccc(C2(CCS(C)(=O)=O)CCN(C(=O)c3ccccc3)C2)cc1OC. The second-order valence-electron chi connectivity index (χ2n) is 7.57. The number of nitrogens with zero attached hydrogens (tertiary/aromatic N) is 1. The number of amides is 1. The zero-order valence-electron chi connectivity index (χ0n) is 17.1. The summed E-state index contributed by atoms with van der Waals surface area (Å²) < 4.78 is 34.6. The maximum absolute atomic E-state index is 13.0. The number of hydrogen-bond donors (Lipinski definition) is 0. The fraction of sp³-hybridized carbons (Fsp3) is 0.409. The molecule has 3 rings (SSSR count). The van der Waals surface area contributed by atoms with Gasteiger partial charge in [-0.25, -0.2) is 8.42 Å². The minimum atomic E-state index is -3.14. The molecule has 1 amide bonds. The number of carbonyl (C=O) groups excluding carboxylic acids is 1. The van der Waals surface area contributed by atoms with E-state index < -0.39 is 15.3 Å². The number of likely N-dealkylation sites (tertiary alicyclic amines) is 1. The van der Waals surface area contributed by atoms with Gasteiger partial charge < -0.3 is 14.4 Å². The van der Waals surface area contributed by atoms with Crippen LogP contribution in [0.15, 0.2) is 48.5 Å². The minimum absolute atomic E-state index is 0.0349. The maximum atomic E-state index is 13.0. The lowest BCUT2D eigenvalue weighted by Gasteiger charge is -2.30. The lowest BCUT2D eigenvalue weighted by Crippen LogP contribution is -2.36. The molecule has 1 aliphatic heterocycles. The number of sulfone groups is 1. The summed E-state index contributed by atoms with van der Waals surface area (Å²) >= 11 is 0. The van der Waals surface area contributed by atoms with Crippen LogP contribution < -0.4 is 9.47 Å². The number of benzene rings is 2. The van der Waals surface area contributed by atoms with Crippen LogP contribution in [-0.2, 0) is 15.3 Å². The van der Waals surface area contributed by atoms with Gasteiger partial charge in [-0.3, -0.25) is 4.79 Å². The summed E-state index contributed by atoms with van der Waals surface area (Å²) in [4.78, 5) is 14.8. The van der Waals surface area contributed by atoms with Crippen LogP contribution in [0.4, 0.5) is 0 Å². The third-order valence-corrected chi connectivity index (χ3v) is 6.55. The lowest BCUT2D eigenvalue weighted by molar-refractivity contribution is 0.0783. The van der Waals surface area contributed by atoms with Crippen LogP contribution in [0.5, 0.6) is 11.5 Å². The van der Waals surface area contributed by atoms with Gasteiger partial charge in [-0.15, -0.1) is 0 Å². The summed E-state index contributed by atoms with van der Waals surface area (Å²) in [5.74, 6) is 1.24. The second kappa shape index (κ2) is 8.45. The molecule has 1 aliphatic rings. The topological polar surface area (TPSA) is 72.9 Å². The molecule has 1 saturated heterocycles. The molecule has 0 aromatic heterocycles. The van der Waals surface area contributed by atoms with Gasteiger partial charge >= 0.3 is 0 Å². The first kappa shape index (κ1) is 21.2. The van der Waals surface area contributed by atoms with Crippen LogP contribution in [0.1, 0.15) is 28.8 Å². The average Bonchev–Trinajstić information content (AvgIpc) is 3.17. The highest BCUT2D eigenvalue weighted by Crippen LogP contribution is 2.42. The molecule has 6 nitrogen and oxygen atoms in total. The Labute approximate surface area is 172 Å². The Balaban J connectivity index is 1.94.